The van der Waals surface area contributed by atoms with Crippen LogP contribution in [-0.4, -0.2) is 23.4 Å². The Labute approximate surface area is 96.4 Å². The second-order valence-electron chi connectivity index (χ2n) is 5.14. The Balaban J connectivity index is 2.01. The van der Waals surface area contributed by atoms with E-state index >= 15 is 0 Å². The number of furan rings is 1. The Morgan fingerprint density at radius 3 is 3.00 bits per heavy atom. The van der Waals surface area contributed by atoms with Gasteiger partial charge in [-0.15, -0.1) is 0 Å². The van der Waals surface area contributed by atoms with Crippen LogP contribution in [0, 0.1) is 5.92 Å². The first-order chi connectivity index (χ1) is 7.59. The van der Waals surface area contributed by atoms with E-state index in [0.29, 0.717) is 25.4 Å². The molecule has 1 fully saturated rings. The molecule has 0 radical (unpaired) electrons. The fourth-order valence-electron chi connectivity index (χ4n) is 2.30. The average molecular weight is 224 g/mol. The van der Waals surface area contributed by atoms with Gasteiger partial charge in [0.05, 0.1) is 24.2 Å². The first kappa shape index (κ1) is 11.7. The van der Waals surface area contributed by atoms with Crippen LogP contribution < -0.4 is 0 Å². The number of aliphatic hydroxyl groups is 1. The van der Waals surface area contributed by atoms with Crippen molar-refractivity contribution in [2.45, 2.75) is 44.8 Å². The maximum absolute atomic E-state index is 10.5. The van der Waals surface area contributed by atoms with Crippen molar-refractivity contribution in [2.24, 2.45) is 5.92 Å². The average Bonchev–Trinajstić information content (AvgIpc) is 2.69. The second kappa shape index (κ2) is 4.60. The van der Waals surface area contributed by atoms with E-state index in [1.54, 1.807) is 12.5 Å². The summed E-state index contributed by atoms with van der Waals surface area (Å²) in [5.41, 5.74) is 0.434. The quantitative estimate of drug-likeness (QED) is 0.857. The zero-order chi connectivity index (χ0) is 11.6. The van der Waals surface area contributed by atoms with Crippen LogP contribution in [-0.2, 0) is 11.2 Å². The summed E-state index contributed by atoms with van der Waals surface area (Å²) in [6.45, 7) is 4.92. The predicted octanol–water partition coefficient (Wildman–Crippen LogP) is 2.39. The molecule has 0 aromatic carbocycles. The summed E-state index contributed by atoms with van der Waals surface area (Å²) in [6, 6.07) is 1.91. The van der Waals surface area contributed by atoms with Gasteiger partial charge < -0.3 is 14.3 Å². The van der Waals surface area contributed by atoms with E-state index in [2.05, 4.69) is 13.8 Å². The zero-order valence-corrected chi connectivity index (χ0v) is 9.98. The van der Waals surface area contributed by atoms with Crippen molar-refractivity contribution in [1.29, 1.82) is 0 Å². The monoisotopic (exact) mass is 224 g/mol. The lowest BCUT2D eigenvalue weighted by Crippen LogP contribution is -2.44. The van der Waals surface area contributed by atoms with Gasteiger partial charge in [-0.2, -0.15) is 0 Å². The van der Waals surface area contributed by atoms with E-state index in [9.17, 15) is 5.11 Å². The molecule has 0 aliphatic carbocycles. The minimum absolute atomic E-state index is 0.172. The smallest absolute Gasteiger partial charge is 0.0935 e. The molecule has 2 heterocycles. The molecule has 0 spiro atoms. The second-order valence-corrected chi connectivity index (χ2v) is 5.14. The molecular formula is C13H20O3. The molecule has 90 valence electrons. The minimum Gasteiger partial charge on any atom is -0.472 e. The first-order valence-corrected chi connectivity index (χ1v) is 5.94. The van der Waals surface area contributed by atoms with Crippen LogP contribution in [0.15, 0.2) is 23.0 Å². The van der Waals surface area contributed by atoms with Gasteiger partial charge in [0.1, 0.15) is 0 Å². The van der Waals surface area contributed by atoms with E-state index in [0.717, 1.165) is 12.0 Å². The molecule has 2 rings (SSSR count). The Morgan fingerprint density at radius 2 is 2.38 bits per heavy atom. The Hall–Kier alpha value is -0.800. The fraction of sp³-hybridized carbons (Fsp3) is 0.692. The fourth-order valence-corrected chi connectivity index (χ4v) is 2.30. The summed E-state index contributed by atoms with van der Waals surface area (Å²) in [5, 5.41) is 10.5. The molecule has 1 N–H and O–H groups in total. The summed E-state index contributed by atoms with van der Waals surface area (Å²) in [4.78, 5) is 0. The van der Waals surface area contributed by atoms with Crippen LogP contribution in [0.1, 0.15) is 32.3 Å². The topological polar surface area (TPSA) is 42.6 Å². The Bertz CT molecular complexity index is 318. The molecule has 2 atom stereocenters. The highest BCUT2D eigenvalue weighted by atomic mass is 16.5. The highest BCUT2D eigenvalue weighted by molar-refractivity contribution is 5.10. The number of hydrogen-bond acceptors (Lipinski definition) is 3. The molecular weight excluding hydrogens is 204 g/mol. The highest BCUT2D eigenvalue weighted by Crippen LogP contribution is 2.31. The third kappa shape index (κ3) is 2.66. The molecule has 3 heteroatoms. The summed E-state index contributed by atoms with van der Waals surface area (Å²) < 4.78 is 10.7. The van der Waals surface area contributed by atoms with Crippen molar-refractivity contribution in [3.05, 3.63) is 24.2 Å². The van der Waals surface area contributed by atoms with E-state index in [1.165, 1.54) is 0 Å². The van der Waals surface area contributed by atoms with Crippen LogP contribution in [0.25, 0.3) is 0 Å². The molecule has 1 aliphatic rings. The summed E-state index contributed by atoms with van der Waals surface area (Å²) in [7, 11) is 0. The zero-order valence-electron chi connectivity index (χ0n) is 9.98. The summed E-state index contributed by atoms with van der Waals surface area (Å²) in [6.07, 6.45) is 5.62. The van der Waals surface area contributed by atoms with Crippen LogP contribution in [0.5, 0.6) is 0 Å². The maximum atomic E-state index is 10.5. The number of rotatable bonds is 3. The molecule has 3 nitrogen and oxygen atoms in total. The van der Waals surface area contributed by atoms with Gasteiger partial charge in [0.2, 0.25) is 0 Å². The van der Waals surface area contributed by atoms with Crippen molar-refractivity contribution in [3.8, 4) is 0 Å². The molecule has 2 unspecified atom stereocenters. The highest BCUT2D eigenvalue weighted by Gasteiger charge is 2.36. The summed E-state index contributed by atoms with van der Waals surface area (Å²) in [5.74, 6) is 0.455. The van der Waals surface area contributed by atoms with Gasteiger partial charge in [0.15, 0.2) is 0 Å². The van der Waals surface area contributed by atoms with Gasteiger partial charge in [0, 0.05) is 19.4 Å². The molecule has 0 bridgehead atoms. The van der Waals surface area contributed by atoms with E-state index in [-0.39, 0.29) is 6.10 Å². The molecule has 1 aliphatic heterocycles. The van der Waals surface area contributed by atoms with E-state index in [1.807, 2.05) is 6.07 Å². The molecule has 0 amide bonds. The van der Waals surface area contributed by atoms with Gasteiger partial charge >= 0.3 is 0 Å². The van der Waals surface area contributed by atoms with Crippen molar-refractivity contribution < 1.29 is 14.3 Å². The normalized spacial score (nSPS) is 30.9. The summed E-state index contributed by atoms with van der Waals surface area (Å²) >= 11 is 0. The predicted molar refractivity (Wildman–Crippen MR) is 61.2 cm³/mol. The Kier molecular flexibility index (Phi) is 3.36. The van der Waals surface area contributed by atoms with Gasteiger partial charge in [-0.3, -0.25) is 0 Å². The third-order valence-corrected chi connectivity index (χ3v) is 3.34. The van der Waals surface area contributed by atoms with Crippen molar-refractivity contribution >= 4 is 0 Å². The van der Waals surface area contributed by atoms with Crippen LogP contribution in [0.4, 0.5) is 0 Å². The SMILES string of the molecule is CC(C)C1CC(O)(Cc2ccoc2)CCO1. The van der Waals surface area contributed by atoms with Crippen LogP contribution in [0.3, 0.4) is 0 Å². The largest absolute Gasteiger partial charge is 0.472 e. The van der Waals surface area contributed by atoms with Crippen molar-refractivity contribution in [1.82, 2.24) is 0 Å². The third-order valence-electron chi connectivity index (χ3n) is 3.34. The molecule has 16 heavy (non-hydrogen) atoms. The van der Waals surface area contributed by atoms with Crippen LogP contribution in [0.2, 0.25) is 0 Å². The Morgan fingerprint density at radius 1 is 1.56 bits per heavy atom. The molecule has 1 aromatic heterocycles. The van der Waals surface area contributed by atoms with Gasteiger partial charge in [-0.1, -0.05) is 13.8 Å². The lowest BCUT2D eigenvalue weighted by atomic mass is 9.82. The van der Waals surface area contributed by atoms with Gasteiger partial charge in [0.25, 0.3) is 0 Å². The minimum atomic E-state index is -0.628. The van der Waals surface area contributed by atoms with E-state index < -0.39 is 5.60 Å². The van der Waals surface area contributed by atoms with Gasteiger partial charge in [-0.05, 0) is 24.0 Å². The molecule has 1 saturated heterocycles. The standard InChI is InChI=1S/C13H20O3/c1-10(2)12-8-13(14,4-6-16-12)7-11-3-5-15-9-11/h3,5,9-10,12,14H,4,6-8H2,1-2H3. The number of hydrogen-bond donors (Lipinski definition) is 1. The van der Waals surface area contributed by atoms with Gasteiger partial charge in [-0.25, -0.2) is 0 Å². The maximum Gasteiger partial charge on any atom is 0.0935 e. The van der Waals surface area contributed by atoms with Crippen LogP contribution >= 0.6 is 0 Å². The van der Waals surface area contributed by atoms with Crippen molar-refractivity contribution in [3.63, 3.8) is 0 Å². The molecule has 0 saturated carbocycles. The number of ether oxygens (including phenoxy) is 1. The molecule has 1 aromatic rings. The first-order valence-electron chi connectivity index (χ1n) is 5.94. The lowest BCUT2D eigenvalue weighted by molar-refractivity contribution is -0.116. The van der Waals surface area contributed by atoms with Crippen molar-refractivity contribution in [2.75, 3.05) is 6.61 Å². The van der Waals surface area contributed by atoms with E-state index in [4.69, 9.17) is 9.15 Å². The lowest BCUT2D eigenvalue weighted by Gasteiger charge is -2.38.